The first-order valence-electron chi connectivity index (χ1n) is 5.04. The van der Waals surface area contributed by atoms with Gasteiger partial charge in [-0.25, -0.2) is 0 Å². The number of nitrogens with zero attached hydrogens (tertiary/aromatic N) is 1. The molecule has 0 aromatic heterocycles. The number of hydrogen-bond donors (Lipinski definition) is 1. The van der Waals surface area contributed by atoms with Crippen LogP contribution in [0.25, 0.3) is 0 Å². The number of carbonyl (C=O) groups is 1. The maximum absolute atomic E-state index is 10.3. The second-order valence-electron chi connectivity index (χ2n) is 3.55. The third kappa shape index (κ3) is 6.58. The van der Waals surface area contributed by atoms with Gasteiger partial charge in [0.15, 0.2) is 0 Å². The van der Waals surface area contributed by atoms with Gasteiger partial charge in [0, 0.05) is 13.1 Å². The highest BCUT2D eigenvalue weighted by atomic mass is 16.4. The van der Waals surface area contributed by atoms with Crippen LogP contribution < -0.4 is 0 Å². The molecule has 0 aromatic carbocycles. The van der Waals surface area contributed by atoms with Gasteiger partial charge in [-0.3, -0.25) is 4.79 Å². The van der Waals surface area contributed by atoms with Crippen molar-refractivity contribution < 1.29 is 9.90 Å². The van der Waals surface area contributed by atoms with E-state index in [0.29, 0.717) is 12.5 Å². The van der Waals surface area contributed by atoms with E-state index in [0.717, 1.165) is 19.5 Å². The Morgan fingerprint density at radius 3 is 2.46 bits per heavy atom. The second kappa shape index (κ2) is 6.89. The number of rotatable bonds is 7. The fraction of sp³-hybridized carbons (Fsp3) is 0.900. The van der Waals surface area contributed by atoms with Gasteiger partial charge < -0.3 is 10.0 Å². The molecule has 3 nitrogen and oxygen atoms in total. The standard InChI is InChI=1S/C10H21NO2/c1-4-9(3)8-11(5-2)7-6-10(12)13/h9H,4-8H2,1-3H3,(H,12,13). The minimum Gasteiger partial charge on any atom is -0.481 e. The summed E-state index contributed by atoms with van der Waals surface area (Å²) < 4.78 is 0. The average Bonchev–Trinajstić information content (AvgIpc) is 2.11. The smallest absolute Gasteiger partial charge is 0.304 e. The Bertz CT molecular complexity index is 148. The number of hydrogen-bond acceptors (Lipinski definition) is 2. The molecule has 0 saturated heterocycles. The van der Waals surface area contributed by atoms with E-state index in [1.165, 1.54) is 0 Å². The van der Waals surface area contributed by atoms with Crippen LogP contribution in [0.15, 0.2) is 0 Å². The van der Waals surface area contributed by atoms with E-state index in [1.54, 1.807) is 0 Å². The van der Waals surface area contributed by atoms with Crippen molar-refractivity contribution in [2.75, 3.05) is 19.6 Å². The molecule has 1 atom stereocenters. The molecule has 0 aliphatic carbocycles. The predicted octanol–water partition coefficient (Wildman–Crippen LogP) is 1.83. The Hall–Kier alpha value is -0.570. The van der Waals surface area contributed by atoms with E-state index in [4.69, 9.17) is 5.11 Å². The zero-order chi connectivity index (χ0) is 10.3. The molecular formula is C10H21NO2. The molecule has 0 spiro atoms. The van der Waals surface area contributed by atoms with E-state index in [1.807, 2.05) is 0 Å². The molecule has 13 heavy (non-hydrogen) atoms. The fourth-order valence-electron chi connectivity index (χ4n) is 1.20. The molecule has 78 valence electrons. The SMILES string of the molecule is CCC(C)CN(CC)CCC(=O)O. The Labute approximate surface area is 80.7 Å². The lowest BCUT2D eigenvalue weighted by Gasteiger charge is -2.22. The van der Waals surface area contributed by atoms with Gasteiger partial charge in [0.2, 0.25) is 0 Å². The van der Waals surface area contributed by atoms with Crippen LogP contribution in [-0.4, -0.2) is 35.6 Å². The number of aliphatic carboxylic acids is 1. The Morgan fingerprint density at radius 2 is 2.08 bits per heavy atom. The average molecular weight is 187 g/mol. The van der Waals surface area contributed by atoms with Gasteiger partial charge in [0.25, 0.3) is 0 Å². The molecule has 0 aliphatic heterocycles. The van der Waals surface area contributed by atoms with Gasteiger partial charge in [-0.05, 0) is 12.5 Å². The Balaban J connectivity index is 3.68. The molecule has 3 heteroatoms. The summed E-state index contributed by atoms with van der Waals surface area (Å²) in [7, 11) is 0. The van der Waals surface area contributed by atoms with Crippen molar-refractivity contribution in [1.29, 1.82) is 0 Å². The van der Waals surface area contributed by atoms with Gasteiger partial charge >= 0.3 is 5.97 Å². The molecule has 0 fully saturated rings. The van der Waals surface area contributed by atoms with Crippen LogP contribution in [0.4, 0.5) is 0 Å². The van der Waals surface area contributed by atoms with Crippen LogP contribution in [0.5, 0.6) is 0 Å². The summed E-state index contributed by atoms with van der Waals surface area (Å²) >= 11 is 0. The molecule has 0 aliphatic rings. The second-order valence-corrected chi connectivity index (χ2v) is 3.55. The highest BCUT2D eigenvalue weighted by molar-refractivity contribution is 5.66. The van der Waals surface area contributed by atoms with Crippen LogP contribution in [0, 0.1) is 5.92 Å². The number of carboxylic acid groups (broad SMARTS) is 1. The first-order chi connectivity index (χ1) is 6.10. The molecule has 0 aromatic rings. The molecule has 1 unspecified atom stereocenters. The minimum atomic E-state index is -0.706. The van der Waals surface area contributed by atoms with Crippen LogP contribution in [0.1, 0.15) is 33.6 Å². The molecule has 0 radical (unpaired) electrons. The summed E-state index contributed by atoms with van der Waals surface area (Å²) in [6, 6.07) is 0. The van der Waals surface area contributed by atoms with Crippen LogP contribution in [-0.2, 0) is 4.79 Å². The van der Waals surface area contributed by atoms with Crippen molar-refractivity contribution in [2.45, 2.75) is 33.6 Å². The fourth-order valence-corrected chi connectivity index (χ4v) is 1.20. The monoisotopic (exact) mass is 187 g/mol. The predicted molar refractivity (Wildman–Crippen MR) is 53.8 cm³/mol. The van der Waals surface area contributed by atoms with E-state index >= 15 is 0 Å². The van der Waals surface area contributed by atoms with Gasteiger partial charge in [0.05, 0.1) is 6.42 Å². The van der Waals surface area contributed by atoms with Gasteiger partial charge in [-0.2, -0.15) is 0 Å². The van der Waals surface area contributed by atoms with Crippen molar-refractivity contribution in [3.63, 3.8) is 0 Å². The summed E-state index contributed by atoms with van der Waals surface area (Å²) in [4.78, 5) is 12.5. The Kier molecular flexibility index (Phi) is 6.59. The minimum absolute atomic E-state index is 0.254. The molecule has 0 bridgehead atoms. The van der Waals surface area contributed by atoms with E-state index in [-0.39, 0.29) is 6.42 Å². The highest BCUT2D eigenvalue weighted by Crippen LogP contribution is 2.04. The lowest BCUT2D eigenvalue weighted by Crippen LogP contribution is -2.30. The third-order valence-corrected chi connectivity index (χ3v) is 2.36. The van der Waals surface area contributed by atoms with Crippen molar-refractivity contribution in [3.05, 3.63) is 0 Å². The van der Waals surface area contributed by atoms with Crippen molar-refractivity contribution >= 4 is 5.97 Å². The van der Waals surface area contributed by atoms with Gasteiger partial charge in [0.1, 0.15) is 0 Å². The third-order valence-electron chi connectivity index (χ3n) is 2.36. The van der Waals surface area contributed by atoms with Crippen molar-refractivity contribution in [2.24, 2.45) is 5.92 Å². The topological polar surface area (TPSA) is 40.5 Å². The molecule has 0 amide bonds. The van der Waals surface area contributed by atoms with E-state index in [9.17, 15) is 4.79 Å². The van der Waals surface area contributed by atoms with Crippen molar-refractivity contribution in [3.8, 4) is 0 Å². The van der Waals surface area contributed by atoms with E-state index < -0.39 is 5.97 Å². The van der Waals surface area contributed by atoms with Crippen LogP contribution in [0.3, 0.4) is 0 Å². The lowest BCUT2D eigenvalue weighted by molar-refractivity contribution is -0.137. The molecule has 0 heterocycles. The van der Waals surface area contributed by atoms with Gasteiger partial charge in [-0.15, -0.1) is 0 Å². The summed E-state index contributed by atoms with van der Waals surface area (Å²) in [6.07, 6.45) is 1.41. The lowest BCUT2D eigenvalue weighted by atomic mass is 10.1. The van der Waals surface area contributed by atoms with Gasteiger partial charge in [-0.1, -0.05) is 27.2 Å². The highest BCUT2D eigenvalue weighted by Gasteiger charge is 2.08. The van der Waals surface area contributed by atoms with Crippen molar-refractivity contribution in [1.82, 2.24) is 4.90 Å². The largest absolute Gasteiger partial charge is 0.481 e. The maximum atomic E-state index is 10.3. The molecule has 0 saturated carbocycles. The molecule has 0 rings (SSSR count). The quantitative estimate of drug-likeness (QED) is 0.661. The normalized spacial score (nSPS) is 13.2. The summed E-state index contributed by atoms with van der Waals surface area (Å²) in [5, 5.41) is 8.52. The molecular weight excluding hydrogens is 166 g/mol. The number of carboxylic acids is 1. The first kappa shape index (κ1) is 12.4. The van der Waals surface area contributed by atoms with Crippen LogP contribution in [0.2, 0.25) is 0 Å². The summed E-state index contributed by atoms with van der Waals surface area (Å²) in [6.45, 7) is 9.07. The Morgan fingerprint density at radius 1 is 1.46 bits per heavy atom. The zero-order valence-corrected chi connectivity index (χ0v) is 8.92. The summed E-state index contributed by atoms with van der Waals surface area (Å²) in [5.74, 6) is -0.0450. The summed E-state index contributed by atoms with van der Waals surface area (Å²) in [5.41, 5.74) is 0. The zero-order valence-electron chi connectivity index (χ0n) is 8.92. The maximum Gasteiger partial charge on any atom is 0.304 e. The molecule has 1 N–H and O–H groups in total. The first-order valence-corrected chi connectivity index (χ1v) is 5.04. The van der Waals surface area contributed by atoms with E-state index in [2.05, 4.69) is 25.7 Å². The van der Waals surface area contributed by atoms with Crippen LogP contribution >= 0.6 is 0 Å².